The molecular formula is C10H7BrFNS. The van der Waals surface area contributed by atoms with Crippen LogP contribution in [0.1, 0.15) is 5.56 Å². The van der Waals surface area contributed by atoms with Gasteiger partial charge in [0, 0.05) is 5.56 Å². The first-order chi connectivity index (χ1) is 6.66. The summed E-state index contributed by atoms with van der Waals surface area (Å²) >= 11 is 4.73. The third kappa shape index (κ3) is 1.86. The summed E-state index contributed by atoms with van der Waals surface area (Å²) in [5.74, 6) is -0.178. The average Bonchev–Trinajstić information content (AvgIpc) is 2.57. The van der Waals surface area contributed by atoms with Gasteiger partial charge in [-0.15, -0.1) is 0 Å². The molecule has 0 saturated carbocycles. The van der Waals surface area contributed by atoms with Crippen LogP contribution in [0.25, 0.3) is 11.3 Å². The molecule has 1 nitrogen and oxygen atoms in total. The van der Waals surface area contributed by atoms with Crippen LogP contribution in [0.4, 0.5) is 4.39 Å². The summed E-state index contributed by atoms with van der Waals surface area (Å²) in [7, 11) is 0. The summed E-state index contributed by atoms with van der Waals surface area (Å²) in [5.41, 5.74) is 2.47. The maximum Gasteiger partial charge on any atom is 0.126 e. The third-order valence-electron chi connectivity index (χ3n) is 1.94. The second-order valence-corrected chi connectivity index (χ2v) is 5.16. The fraction of sp³-hybridized carbons (Fsp3) is 0.100. The lowest BCUT2D eigenvalue weighted by Crippen LogP contribution is -1.83. The zero-order valence-electron chi connectivity index (χ0n) is 7.42. The summed E-state index contributed by atoms with van der Waals surface area (Å²) in [6.07, 6.45) is 0. The first-order valence-electron chi connectivity index (χ1n) is 4.05. The molecule has 0 saturated heterocycles. The summed E-state index contributed by atoms with van der Waals surface area (Å²) in [6, 6.07) is 6.94. The Morgan fingerprint density at radius 2 is 2.14 bits per heavy atom. The van der Waals surface area contributed by atoms with Gasteiger partial charge in [-0.25, -0.2) is 4.39 Å². The Labute approximate surface area is 93.9 Å². The van der Waals surface area contributed by atoms with Crippen LogP contribution >= 0.6 is 27.5 Å². The van der Waals surface area contributed by atoms with E-state index in [1.165, 1.54) is 17.6 Å². The molecule has 0 fully saturated rings. The second kappa shape index (κ2) is 3.79. The molecule has 0 spiro atoms. The Morgan fingerprint density at radius 3 is 2.71 bits per heavy atom. The third-order valence-corrected chi connectivity index (χ3v) is 3.18. The van der Waals surface area contributed by atoms with Crippen molar-refractivity contribution in [3.05, 3.63) is 39.4 Å². The van der Waals surface area contributed by atoms with Gasteiger partial charge in [-0.3, -0.25) is 0 Å². The molecule has 0 aliphatic rings. The molecule has 1 aromatic carbocycles. The summed E-state index contributed by atoms with van der Waals surface area (Å²) in [5, 5.41) is 0. The van der Waals surface area contributed by atoms with Gasteiger partial charge in [-0.2, -0.15) is 4.37 Å². The average molecular weight is 272 g/mol. The highest BCUT2D eigenvalue weighted by molar-refractivity contribution is 9.11. The first-order valence-corrected chi connectivity index (χ1v) is 5.62. The minimum absolute atomic E-state index is 0.178. The number of hydrogen-bond donors (Lipinski definition) is 0. The van der Waals surface area contributed by atoms with Crippen molar-refractivity contribution < 1.29 is 4.39 Å². The van der Waals surface area contributed by atoms with Crippen molar-refractivity contribution in [2.45, 2.75) is 6.92 Å². The minimum Gasteiger partial charge on any atom is -0.207 e. The molecule has 4 heteroatoms. The van der Waals surface area contributed by atoms with E-state index < -0.39 is 0 Å². The van der Waals surface area contributed by atoms with Gasteiger partial charge in [0.1, 0.15) is 5.82 Å². The maximum atomic E-state index is 13.0. The molecule has 0 N–H and O–H groups in total. The largest absolute Gasteiger partial charge is 0.207 e. The van der Waals surface area contributed by atoms with Crippen LogP contribution in [-0.4, -0.2) is 4.37 Å². The molecule has 0 amide bonds. The van der Waals surface area contributed by atoms with E-state index in [0.29, 0.717) is 5.56 Å². The number of rotatable bonds is 1. The van der Waals surface area contributed by atoms with Crippen LogP contribution in [0, 0.1) is 12.7 Å². The fourth-order valence-electron chi connectivity index (χ4n) is 1.19. The Kier molecular flexibility index (Phi) is 2.65. The molecule has 0 radical (unpaired) electrons. The van der Waals surface area contributed by atoms with E-state index in [1.54, 1.807) is 19.1 Å². The van der Waals surface area contributed by atoms with Crippen molar-refractivity contribution in [2.75, 3.05) is 0 Å². The topological polar surface area (TPSA) is 12.9 Å². The number of nitrogens with zero attached hydrogens (tertiary/aromatic N) is 1. The predicted octanol–water partition coefficient (Wildman–Crippen LogP) is 4.02. The first kappa shape index (κ1) is 9.80. The molecule has 1 heterocycles. The van der Waals surface area contributed by atoms with E-state index in [2.05, 4.69) is 20.3 Å². The van der Waals surface area contributed by atoms with Crippen LogP contribution in [0.2, 0.25) is 0 Å². The molecular weight excluding hydrogens is 265 g/mol. The second-order valence-electron chi connectivity index (χ2n) is 2.98. The van der Waals surface area contributed by atoms with Gasteiger partial charge in [0.15, 0.2) is 0 Å². The molecule has 0 bridgehead atoms. The number of halogens is 2. The number of benzene rings is 1. The van der Waals surface area contributed by atoms with Gasteiger partial charge in [0.05, 0.1) is 9.48 Å². The lowest BCUT2D eigenvalue weighted by Gasteiger charge is -1.99. The highest BCUT2D eigenvalue weighted by atomic mass is 79.9. The standard InChI is InChI=1S/C10H7BrFNS/c1-6-4-7(2-3-8(6)12)9-5-10(11)14-13-9/h2-5H,1H3. The minimum atomic E-state index is -0.178. The number of aromatic nitrogens is 1. The van der Waals surface area contributed by atoms with Crippen molar-refractivity contribution in [3.63, 3.8) is 0 Å². The van der Waals surface area contributed by atoms with Crippen LogP contribution in [0.3, 0.4) is 0 Å². The predicted molar refractivity (Wildman–Crippen MR) is 59.9 cm³/mol. The monoisotopic (exact) mass is 271 g/mol. The molecule has 0 unspecified atom stereocenters. The highest BCUT2D eigenvalue weighted by Gasteiger charge is 2.04. The van der Waals surface area contributed by atoms with Gasteiger partial charge in [0.2, 0.25) is 0 Å². The number of hydrogen-bond acceptors (Lipinski definition) is 2. The van der Waals surface area contributed by atoms with Crippen molar-refractivity contribution in [1.29, 1.82) is 0 Å². The molecule has 0 aliphatic heterocycles. The SMILES string of the molecule is Cc1cc(-c2cc(Br)sn2)ccc1F. The zero-order valence-corrected chi connectivity index (χ0v) is 9.82. The Hall–Kier alpha value is -0.740. The molecule has 2 rings (SSSR count). The summed E-state index contributed by atoms with van der Waals surface area (Å²) in [4.78, 5) is 0. The Balaban J connectivity index is 2.47. The van der Waals surface area contributed by atoms with Crippen molar-refractivity contribution >= 4 is 27.5 Å². The molecule has 72 valence electrons. The Bertz CT molecular complexity index is 467. The quantitative estimate of drug-likeness (QED) is 0.764. The van der Waals surface area contributed by atoms with Crippen LogP contribution in [-0.2, 0) is 0 Å². The van der Waals surface area contributed by atoms with E-state index in [4.69, 9.17) is 0 Å². The lowest BCUT2D eigenvalue weighted by molar-refractivity contribution is 0.619. The van der Waals surface area contributed by atoms with E-state index in [-0.39, 0.29) is 5.82 Å². The van der Waals surface area contributed by atoms with Crippen molar-refractivity contribution in [1.82, 2.24) is 4.37 Å². The van der Waals surface area contributed by atoms with Gasteiger partial charge in [-0.05, 0) is 64.2 Å². The van der Waals surface area contributed by atoms with E-state index in [9.17, 15) is 4.39 Å². The molecule has 14 heavy (non-hydrogen) atoms. The molecule has 1 aromatic heterocycles. The Morgan fingerprint density at radius 1 is 1.36 bits per heavy atom. The highest BCUT2D eigenvalue weighted by Crippen LogP contribution is 2.26. The van der Waals surface area contributed by atoms with Crippen LogP contribution in [0.15, 0.2) is 28.1 Å². The maximum absolute atomic E-state index is 13.0. The lowest BCUT2D eigenvalue weighted by atomic mass is 10.1. The van der Waals surface area contributed by atoms with E-state index in [1.807, 2.05) is 6.07 Å². The van der Waals surface area contributed by atoms with Gasteiger partial charge < -0.3 is 0 Å². The van der Waals surface area contributed by atoms with Gasteiger partial charge >= 0.3 is 0 Å². The summed E-state index contributed by atoms with van der Waals surface area (Å²) in [6.45, 7) is 1.75. The van der Waals surface area contributed by atoms with E-state index in [0.717, 1.165) is 15.0 Å². The smallest absolute Gasteiger partial charge is 0.126 e. The van der Waals surface area contributed by atoms with E-state index >= 15 is 0 Å². The molecule has 2 aromatic rings. The molecule has 0 aliphatic carbocycles. The summed E-state index contributed by atoms with van der Waals surface area (Å²) < 4.78 is 18.2. The van der Waals surface area contributed by atoms with Gasteiger partial charge in [0.25, 0.3) is 0 Å². The normalized spacial score (nSPS) is 10.5. The van der Waals surface area contributed by atoms with Gasteiger partial charge in [-0.1, -0.05) is 0 Å². The van der Waals surface area contributed by atoms with Crippen molar-refractivity contribution in [3.8, 4) is 11.3 Å². The fourth-order valence-corrected chi connectivity index (χ4v) is 2.14. The van der Waals surface area contributed by atoms with Crippen molar-refractivity contribution in [2.24, 2.45) is 0 Å². The molecule has 0 atom stereocenters. The number of aryl methyl sites for hydroxylation is 1. The zero-order chi connectivity index (χ0) is 10.1. The van der Waals surface area contributed by atoms with Crippen LogP contribution in [0.5, 0.6) is 0 Å². The van der Waals surface area contributed by atoms with Crippen LogP contribution < -0.4 is 0 Å².